The zero-order chi connectivity index (χ0) is 22.9. The summed E-state index contributed by atoms with van der Waals surface area (Å²) in [7, 11) is 0. The largest absolute Gasteiger partial charge is 0.453 e. The number of carbonyl (C=O) groups excluding carboxylic acids is 1. The number of rotatable bonds is 6. The highest BCUT2D eigenvalue weighted by molar-refractivity contribution is 6.30. The first-order valence-corrected chi connectivity index (χ1v) is 10.2. The third-order valence-corrected chi connectivity index (χ3v) is 5.37. The van der Waals surface area contributed by atoms with E-state index in [1.165, 1.54) is 0 Å². The molecule has 0 spiro atoms. The van der Waals surface area contributed by atoms with E-state index in [2.05, 4.69) is 20.4 Å². The molecule has 1 unspecified atom stereocenters. The summed E-state index contributed by atoms with van der Waals surface area (Å²) in [4.78, 5) is 20.3. The summed E-state index contributed by atoms with van der Waals surface area (Å²) in [6.45, 7) is 7.35. The molecule has 31 heavy (non-hydrogen) atoms. The maximum Gasteiger partial charge on any atom is 0.453 e. The highest BCUT2D eigenvalue weighted by Gasteiger charge is 2.37. The molecule has 2 aromatic heterocycles. The van der Waals surface area contributed by atoms with Crippen LogP contribution in [-0.4, -0.2) is 25.5 Å². The van der Waals surface area contributed by atoms with Gasteiger partial charge in [0.15, 0.2) is 0 Å². The number of hydrogen-bond donors (Lipinski definition) is 1. The van der Waals surface area contributed by atoms with Crippen LogP contribution in [0.1, 0.15) is 54.6 Å². The summed E-state index contributed by atoms with van der Waals surface area (Å²) in [5, 5.41) is 7.19. The van der Waals surface area contributed by atoms with Crippen LogP contribution in [0.15, 0.2) is 24.3 Å². The molecule has 0 saturated heterocycles. The predicted octanol–water partition coefficient (Wildman–Crippen LogP) is 4.86. The molecule has 166 valence electrons. The normalized spacial score (nSPS) is 13.1. The first-order valence-electron chi connectivity index (χ1n) is 9.82. The molecule has 1 atom stereocenters. The third kappa shape index (κ3) is 5.15. The summed E-state index contributed by atoms with van der Waals surface area (Å²) in [6, 6.07) is 7.13. The zero-order valence-electron chi connectivity index (χ0n) is 17.6. The molecule has 0 aliphatic rings. The SMILES string of the molecule is Cc1nc2nc(C(F)(F)F)nn2c(C)c1CCC(=O)NC(c1ccc(Cl)cc1)C(C)C. The molecule has 0 radical (unpaired) electrons. The first-order chi connectivity index (χ1) is 14.5. The van der Waals surface area contributed by atoms with Gasteiger partial charge < -0.3 is 5.32 Å². The summed E-state index contributed by atoms with van der Waals surface area (Å²) < 4.78 is 39.9. The van der Waals surface area contributed by atoms with Gasteiger partial charge in [-0.1, -0.05) is 37.6 Å². The summed E-state index contributed by atoms with van der Waals surface area (Å²) in [5.74, 6) is -1.36. The maximum atomic E-state index is 12.9. The minimum Gasteiger partial charge on any atom is -0.349 e. The molecule has 2 heterocycles. The van der Waals surface area contributed by atoms with Crippen molar-refractivity contribution in [1.82, 2.24) is 24.9 Å². The van der Waals surface area contributed by atoms with Crippen molar-refractivity contribution >= 4 is 23.3 Å². The number of alkyl halides is 3. The lowest BCUT2D eigenvalue weighted by molar-refractivity contribution is -0.144. The number of benzene rings is 1. The third-order valence-electron chi connectivity index (χ3n) is 5.12. The molecule has 3 rings (SSSR count). The van der Waals surface area contributed by atoms with Crippen LogP contribution < -0.4 is 5.32 Å². The number of nitrogens with zero attached hydrogens (tertiary/aromatic N) is 4. The number of fused-ring (bicyclic) bond motifs is 1. The Labute approximate surface area is 182 Å². The van der Waals surface area contributed by atoms with Gasteiger partial charge in [0.2, 0.25) is 5.91 Å². The summed E-state index contributed by atoms with van der Waals surface area (Å²) in [6.07, 6.45) is -4.17. The maximum absolute atomic E-state index is 12.9. The second-order valence-corrected chi connectivity index (χ2v) is 8.18. The summed E-state index contributed by atoms with van der Waals surface area (Å²) >= 11 is 5.95. The number of hydrogen-bond acceptors (Lipinski definition) is 4. The minimum absolute atomic E-state index is 0.113. The summed E-state index contributed by atoms with van der Waals surface area (Å²) in [5.41, 5.74) is 2.63. The fourth-order valence-electron chi connectivity index (χ4n) is 3.48. The van der Waals surface area contributed by atoms with Crippen molar-refractivity contribution in [2.24, 2.45) is 5.92 Å². The molecule has 10 heteroatoms. The predicted molar refractivity (Wildman–Crippen MR) is 111 cm³/mol. The highest BCUT2D eigenvalue weighted by Crippen LogP contribution is 2.27. The average molecular weight is 454 g/mol. The molecule has 3 aromatic rings. The van der Waals surface area contributed by atoms with Crippen LogP contribution in [0.4, 0.5) is 13.2 Å². The van der Waals surface area contributed by atoms with Gasteiger partial charge in [-0.25, -0.2) is 9.50 Å². The Bertz CT molecular complexity index is 1090. The van der Waals surface area contributed by atoms with Crippen molar-refractivity contribution in [1.29, 1.82) is 0 Å². The Morgan fingerprint density at radius 2 is 1.81 bits per heavy atom. The second kappa shape index (κ2) is 8.82. The lowest BCUT2D eigenvalue weighted by atomic mass is 9.95. The van der Waals surface area contributed by atoms with Gasteiger partial charge >= 0.3 is 6.18 Å². The topological polar surface area (TPSA) is 72.2 Å². The van der Waals surface area contributed by atoms with Crippen molar-refractivity contribution in [2.75, 3.05) is 0 Å². The lowest BCUT2D eigenvalue weighted by Crippen LogP contribution is -2.32. The first kappa shape index (κ1) is 23.0. The molecule has 0 fully saturated rings. The second-order valence-electron chi connectivity index (χ2n) is 7.75. The van der Waals surface area contributed by atoms with Crippen LogP contribution in [0.5, 0.6) is 0 Å². The fraction of sp³-hybridized carbons (Fsp3) is 0.429. The van der Waals surface area contributed by atoms with E-state index in [4.69, 9.17) is 11.6 Å². The number of carbonyl (C=O) groups is 1. The van der Waals surface area contributed by atoms with Crippen LogP contribution in [0.2, 0.25) is 5.02 Å². The smallest absolute Gasteiger partial charge is 0.349 e. The van der Waals surface area contributed by atoms with Crippen LogP contribution in [-0.2, 0) is 17.4 Å². The van der Waals surface area contributed by atoms with E-state index >= 15 is 0 Å². The molecule has 1 aromatic carbocycles. The van der Waals surface area contributed by atoms with E-state index in [9.17, 15) is 18.0 Å². The molecule has 0 saturated carbocycles. The molecule has 1 amide bonds. The zero-order valence-corrected chi connectivity index (χ0v) is 18.3. The van der Waals surface area contributed by atoms with Crippen molar-refractivity contribution in [3.8, 4) is 0 Å². The van der Waals surface area contributed by atoms with Gasteiger partial charge in [0, 0.05) is 22.8 Å². The van der Waals surface area contributed by atoms with Gasteiger partial charge in [-0.15, -0.1) is 5.10 Å². The van der Waals surface area contributed by atoms with E-state index in [0.717, 1.165) is 10.1 Å². The molecule has 0 aliphatic heterocycles. The molecular formula is C21H23ClF3N5O. The van der Waals surface area contributed by atoms with Crippen molar-refractivity contribution < 1.29 is 18.0 Å². The van der Waals surface area contributed by atoms with Crippen LogP contribution >= 0.6 is 11.6 Å². The van der Waals surface area contributed by atoms with E-state index in [-0.39, 0.29) is 30.1 Å². The van der Waals surface area contributed by atoms with Crippen LogP contribution in [0.25, 0.3) is 5.78 Å². The van der Waals surface area contributed by atoms with E-state index in [0.29, 0.717) is 28.4 Å². The number of amides is 1. The lowest BCUT2D eigenvalue weighted by Gasteiger charge is -2.23. The van der Waals surface area contributed by atoms with Gasteiger partial charge in [0.1, 0.15) is 0 Å². The quantitative estimate of drug-likeness (QED) is 0.578. The van der Waals surface area contributed by atoms with Crippen molar-refractivity contribution in [2.45, 2.75) is 52.8 Å². The molecule has 1 N–H and O–H groups in total. The van der Waals surface area contributed by atoms with Gasteiger partial charge in [-0.3, -0.25) is 4.79 Å². The number of aromatic nitrogens is 4. The van der Waals surface area contributed by atoms with Crippen LogP contribution in [0, 0.1) is 19.8 Å². The van der Waals surface area contributed by atoms with Crippen molar-refractivity contribution in [3.05, 3.63) is 57.6 Å². The van der Waals surface area contributed by atoms with Crippen LogP contribution in [0.3, 0.4) is 0 Å². The Hall–Kier alpha value is -2.68. The fourth-order valence-corrected chi connectivity index (χ4v) is 3.61. The number of halogens is 4. The minimum atomic E-state index is -4.65. The Balaban J connectivity index is 1.76. The van der Waals surface area contributed by atoms with Gasteiger partial charge in [-0.2, -0.15) is 18.2 Å². The van der Waals surface area contributed by atoms with Gasteiger partial charge in [-0.05, 0) is 49.4 Å². The van der Waals surface area contributed by atoms with Gasteiger partial charge in [0.25, 0.3) is 11.6 Å². The Kier molecular flexibility index (Phi) is 6.54. The highest BCUT2D eigenvalue weighted by atomic mass is 35.5. The molecular weight excluding hydrogens is 431 g/mol. The molecule has 6 nitrogen and oxygen atoms in total. The number of aryl methyl sites for hydroxylation is 2. The molecule has 0 aliphatic carbocycles. The Morgan fingerprint density at radius 1 is 1.16 bits per heavy atom. The van der Waals surface area contributed by atoms with E-state index in [1.54, 1.807) is 26.0 Å². The average Bonchev–Trinajstić information content (AvgIpc) is 3.11. The van der Waals surface area contributed by atoms with Crippen molar-refractivity contribution in [3.63, 3.8) is 0 Å². The van der Waals surface area contributed by atoms with Gasteiger partial charge in [0.05, 0.1) is 6.04 Å². The molecule has 0 bridgehead atoms. The Morgan fingerprint density at radius 3 is 2.39 bits per heavy atom. The monoisotopic (exact) mass is 453 g/mol. The van der Waals surface area contributed by atoms with E-state index < -0.39 is 12.0 Å². The number of nitrogens with one attached hydrogen (secondary N) is 1. The standard InChI is InChI=1S/C21H23ClF3N5O/c1-11(2)18(14-5-7-15(22)8-6-14)27-17(31)10-9-16-12(3)26-20-28-19(21(23,24)25)29-30(20)13(16)4/h5-8,11,18H,9-10H2,1-4H3,(H,27,31). The van der Waals surface area contributed by atoms with E-state index in [1.807, 2.05) is 26.0 Å².